The fraction of sp³-hybridized carbons (Fsp3) is 0.471. The Morgan fingerprint density at radius 3 is 2.36 bits per heavy atom. The van der Waals surface area contributed by atoms with Gasteiger partial charge in [-0.25, -0.2) is 9.59 Å². The van der Waals surface area contributed by atoms with E-state index in [9.17, 15) is 24.3 Å². The Balaban J connectivity index is 1.15. The van der Waals surface area contributed by atoms with E-state index in [-0.39, 0.29) is 56.9 Å². The zero-order chi connectivity index (χ0) is 30.9. The summed E-state index contributed by atoms with van der Waals surface area (Å²) in [5.41, 5.74) is 3.84. The first kappa shape index (κ1) is 31.3. The van der Waals surface area contributed by atoms with Crippen molar-refractivity contribution in [2.75, 3.05) is 26.4 Å². The summed E-state index contributed by atoms with van der Waals surface area (Å²) in [5, 5.41) is 18.2. The van der Waals surface area contributed by atoms with Crippen molar-refractivity contribution in [1.82, 2.24) is 16.0 Å². The van der Waals surface area contributed by atoms with Gasteiger partial charge in [0.1, 0.15) is 19.3 Å². The molecule has 0 radical (unpaired) electrons. The first-order valence-electron chi connectivity index (χ1n) is 15.5. The van der Waals surface area contributed by atoms with Gasteiger partial charge < -0.3 is 30.5 Å². The number of aliphatic hydroxyl groups is 1. The normalized spacial score (nSPS) is 21.8. The summed E-state index contributed by atoms with van der Waals surface area (Å²) in [6.45, 7) is 0.00608. The van der Waals surface area contributed by atoms with Crippen molar-refractivity contribution < 1.29 is 33.8 Å². The van der Waals surface area contributed by atoms with E-state index in [2.05, 4.69) is 28.1 Å². The van der Waals surface area contributed by atoms with Gasteiger partial charge in [0.25, 0.3) is 0 Å². The Kier molecular flexibility index (Phi) is 10.3. The maximum absolute atomic E-state index is 12.9. The molecule has 1 fully saturated rings. The lowest BCUT2D eigenvalue weighted by atomic mass is 9.95. The van der Waals surface area contributed by atoms with E-state index in [1.54, 1.807) is 0 Å². The van der Waals surface area contributed by atoms with Crippen molar-refractivity contribution >= 4 is 23.9 Å². The molecule has 2 aromatic carbocycles. The van der Waals surface area contributed by atoms with Crippen molar-refractivity contribution in [3.05, 3.63) is 71.8 Å². The Hall–Kier alpha value is -4.18. The van der Waals surface area contributed by atoms with Crippen LogP contribution in [-0.2, 0) is 23.9 Å². The van der Waals surface area contributed by atoms with Gasteiger partial charge in [-0.1, -0.05) is 73.5 Å². The Labute approximate surface area is 257 Å². The highest BCUT2D eigenvalue weighted by Crippen LogP contribution is 2.44. The first-order valence-corrected chi connectivity index (χ1v) is 15.5. The number of carbonyl (C=O) groups excluding carboxylic acids is 4. The topological polar surface area (TPSA) is 143 Å². The van der Waals surface area contributed by atoms with Crippen LogP contribution in [0.1, 0.15) is 68.4 Å². The molecule has 1 aliphatic heterocycles. The number of rotatable bonds is 7. The largest absolute Gasteiger partial charge is 0.462 e. The highest BCUT2D eigenvalue weighted by molar-refractivity contribution is 5.86. The third-order valence-electron chi connectivity index (χ3n) is 8.85. The van der Waals surface area contributed by atoms with Gasteiger partial charge in [-0.2, -0.15) is 0 Å². The van der Waals surface area contributed by atoms with Crippen LogP contribution in [0.3, 0.4) is 0 Å². The molecule has 2 aliphatic carbocycles. The number of benzene rings is 2. The van der Waals surface area contributed by atoms with Gasteiger partial charge in [-0.15, -0.1) is 0 Å². The predicted molar refractivity (Wildman–Crippen MR) is 163 cm³/mol. The molecule has 10 nitrogen and oxygen atoms in total. The number of carbonyl (C=O) groups is 4. The average molecular weight is 604 g/mol. The lowest BCUT2D eigenvalue weighted by Gasteiger charge is -2.28. The van der Waals surface area contributed by atoms with Crippen LogP contribution in [0.25, 0.3) is 11.1 Å². The number of fused-ring (bicyclic) bond motifs is 3. The number of alkyl carbamates (subject to hydrolysis) is 1. The summed E-state index contributed by atoms with van der Waals surface area (Å²) in [5.74, 6) is -1.89. The third-order valence-corrected chi connectivity index (χ3v) is 8.85. The van der Waals surface area contributed by atoms with Crippen LogP contribution in [0, 0.1) is 5.92 Å². The molecule has 10 heteroatoms. The molecule has 5 rings (SSSR count). The Morgan fingerprint density at radius 2 is 1.68 bits per heavy atom. The minimum absolute atomic E-state index is 0.0102. The summed E-state index contributed by atoms with van der Waals surface area (Å²) in [7, 11) is 0. The van der Waals surface area contributed by atoms with Crippen LogP contribution in [0.15, 0.2) is 60.7 Å². The van der Waals surface area contributed by atoms with Crippen molar-refractivity contribution in [2.24, 2.45) is 5.92 Å². The molecule has 1 saturated carbocycles. The summed E-state index contributed by atoms with van der Waals surface area (Å²) in [6, 6.07) is 15.2. The van der Waals surface area contributed by atoms with E-state index < -0.39 is 29.6 Å². The Morgan fingerprint density at radius 1 is 1.00 bits per heavy atom. The van der Waals surface area contributed by atoms with Crippen LogP contribution in [-0.4, -0.2) is 66.9 Å². The minimum atomic E-state index is -0.922. The van der Waals surface area contributed by atoms with Crippen molar-refractivity contribution in [2.45, 2.75) is 68.9 Å². The van der Waals surface area contributed by atoms with Crippen molar-refractivity contribution in [1.29, 1.82) is 0 Å². The van der Waals surface area contributed by atoms with E-state index in [1.807, 2.05) is 48.6 Å². The fourth-order valence-corrected chi connectivity index (χ4v) is 6.47. The van der Waals surface area contributed by atoms with Crippen molar-refractivity contribution in [3.63, 3.8) is 0 Å². The molecular formula is C34H41N3O7. The zero-order valence-corrected chi connectivity index (χ0v) is 24.9. The maximum atomic E-state index is 12.9. The number of ether oxygens (including phenoxy) is 2. The van der Waals surface area contributed by atoms with Gasteiger partial charge >= 0.3 is 12.1 Å². The number of cyclic esters (lactones) is 1. The van der Waals surface area contributed by atoms with Gasteiger partial charge in [0.05, 0.1) is 24.6 Å². The van der Waals surface area contributed by atoms with E-state index in [0.29, 0.717) is 12.8 Å². The van der Waals surface area contributed by atoms with Crippen LogP contribution < -0.4 is 16.0 Å². The molecule has 0 unspecified atom stereocenters. The monoisotopic (exact) mass is 603 g/mol. The van der Waals surface area contributed by atoms with Gasteiger partial charge in [0.15, 0.2) is 0 Å². The smallest absolute Gasteiger partial charge is 0.407 e. The second-order valence-electron chi connectivity index (χ2n) is 11.9. The molecule has 0 bridgehead atoms. The first-order chi connectivity index (χ1) is 21.4. The fourth-order valence-electron chi connectivity index (χ4n) is 6.47. The summed E-state index contributed by atoms with van der Waals surface area (Å²) in [6.07, 6.45) is 7.35. The third kappa shape index (κ3) is 7.48. The molecule has 1 heterocycles. The van der Waals surface area contributed by atoms with E-state index in [1.165, 1.54) is 0 Å². The SMILES string of the molecule is O=C(C[C@H]1CC=CCC[C@H](NC(=O)OCC2c3ccccc3-c3ccccc32)C(=O)OCCNC1=O)NC1(CO)CCCC1. The number of esters is 1. The van der Waals surface area contributed by atoms with Gasteiger partial charge in [-0.3, -0.25) is 9.59 Å². The molecule has 3 aliphatic rings. The van der Waals surface area contributed by atoms with E-state index in [4.69, 9.17) is 9.47 Å². The minimum Gasteiger partial charge on any atom is -0.462 e. The molecule has 3 amide bonds. The molecule has 2 aromatic rings. The average Bonchev–Trinajstić information content (AvgIpc) is 3.63. The number of nitrogens with one attached hydrogen (secondary N) is 3. The second-order valence-corrected chi connectivity index (χ2v) is 11.9. The van der Waals surface area contributed by atoms with Gasteiger partial charge in [0.2, 0.25) is 11.8 Å². The summed E-state index contributed by atoms with van der Waals surface area (Å²) >= 11 is 0. The molecule has 234 valence electrons. The van der Waals surface area contributed by atoms with Crippen molar-refractivity contribution in [3.8, 4) is 11.1 Å². The molecular weight excluding hydrogens is 562 g/mol. The summed E-state index contributed by atoms with van der Waals surface area (Å²) in [4.78, 5) is 51.4. The van der Waals surface area contributed by atoms with Crippen LogP contribution in [0.4, 0.5) is 4.79 Å². The van der Waals surface area contributed by atoms with Gasteiger partial charge in [-0.05, 0) is 54.4 Å². The number of allylic oxidation sites excluding steroid dienone is 2. The molecule has 0 saturated heterocycles. The molecule has 44 heavy (non-hydrogen) atoms. The maximum Gasteiger partial charge on any atom is 0.407 e. The van der Waals surface area contributed by atoms with E-state index >= 15 is 0 Å². The quantitative estimate of drug-likeness (QED) is 0.279. The highest BCUT2D eigenvalue weighted by atomic mass is 16.6. The van der Waals surface area contributed by atoms with E-state index in [0.717, 1.165) is 47.9 Å². The molecule has 4 N–H and O–H groups in total. The molecule has 0 aromatic heterocycles. The second kappa shape index (κ2) is 14.5. The molecule has 2 atom stereocenters. The lowest BCUT2D eigenvalue weighted by molar-refractivity contribution is -0.146. The number of amides is 3. The van der Waals surface area contributed by atoms with Gasteiger partial charge in [0, 0.05) is 12.3 Å². The van der Waals surface area contributed by atoms with Crippen LogP contribution in [0.5, 0.6) is 0 Å². The number of hydrogen-bond donors (Lipinski definition) is 4. The Bertz CT molecular complexity index is 1340. The molecule has 0 spiro atoms. The van der Waals surface area contributed by atoms with Crippen LogP contribution in [0.2, 0.25) is 0 Å². The number of hydrogen-bond acceptors (Lipinski definition) is 7. The zero-order valence-electron chi connectivity index (χ0n) is 24.9. The predicted octanol–water partition coefficient (Wildman–Crippen LogP) is 3.72. The standard InChI is InChI=1S/C34H41N3O7/c38-22-34(16-8-9-17-34)37-30(39)20-23-10-2-1-3-15-29(32(41)43-19-18-35-31(23)40)36-33(42)44-21-28-26-13-6-4-11-24(26)25-12-5-7-14-27(25)28/h1-2,4-7,11-14,23,28-29,38H,3,8-10,15-22H2,(H,35,40)(H,36,42)(H,37,39)/t23-,29+/m1/s1. The number of aliphatic hydroxyl groups excluding tert-OH is 1. The summed E-state index contributed by atoms with van der Waals surface area (Å²) < 4.78 is 11.0. The highest BCUT2D eigenvalue weighted by Gasteiger charge is 2.35. The lowest BCUT2D eigenvalue weighted by Crippen LogP contribution is -2.50. The van der Waals surface area contributed by atoms with Crippen LogP contribution >= 0.6 is 0 Å².